The predicted octanol–water partition coefficient (Wildman–Crippen LogP) is 7.64. The second-order valence-electron chi connectivity index (χ2n) is 10.1. The van der Waals surface area contributed by atoms with Crippen LogP contribution in [0.3, 0.4) is 0 Å². The molecule has 0 bridgehead atoms. The Hall–Kier alpha value is -3.25. The Kier molecular flexibility index (Phi) is 7.91. The predicted molar refractivity (Wildman–Crippen MR) is 137 cm³/mol. The summed E-state index contributed by atoms with van der Waals surface area (Å²) < 4.78 is 12.5. The molecule has 1 unspecified atom stereocenters. The number of ether oxygens (including phenoxy) is 2. The number of benzene rings is 3. The van der Waals surface area contributed by atoms with Crippen molar-refractivity contribution in [2.45, 2.75) is 64.9 Å². The van der Waals surface area contributed by atoms with E-state index in [9.17, 15) is 5.26 Å². The van der Waals surface area contributed by atoms with Crippen molar-refractivity contribution >= 4 is 0 Å². The summed E-state index contributed by atoms with van der Waals surface area (Å²) in [6.07, 6.45) is 6.22. The van der Waals surface area contributed by atoms with E-state index in [1.165, 1.54) is 17.5 Å². The van der Waals surface area contributed by atoms with Crippen molar-refractivity contribution in [1.82, 2.24) is 0 Å². The van der Waals surface area contributed by atoms with E-state index in [0.29, 0.717) is 13.2 Å². The molecular formula is C31H35NO2. The number of nitrogens with zero attached hydrogens (tertiary/aromatic N) is 1. The van der Waals surface area contributed by atoms with Gasteiger partial charge >= 0.3 is 0 Å². The maximum atomic E-state index is 9.92. The van der Waals surface area contributed by atoms with Gasteiger partial charge in [0.25, 0.3) is 0 Å². The first-order chi connectivity index (χ1) is 16.5. The minimum Gasteiger partial charge on any atom is -0.493 e. The zero-order valence-electron chi connectivity index (χ0n) is 20.4. The minimum atomic E-state index is -0.156. The van der Waals surface area contributed by atoms with Crippen LogP contribution in [0.4, 0.5) is 0 Å². The lowest BCUT2D eigenvalue weighted by atomic mass is 9.69. The van der Waals surface area contributed by atoms with Crippen molar-refractivity contribution in [1.29, 1.82) is 5.26 Å². The lowest BCUT2D eigenvalue weighted by Gasteiger charge is -2.35. The molecule has 0 spiro atoms. The molecular weight excluding hydrogens is 418 g/mol. The summed E-state index contributed by atoms with van der Waals surface area (Å²) in [5, 5.41) is 9.92. The summed E-state index contributed by atoms with van der Waals surface area (Å²) in [5.41, 5.74) is 4.83. The lowest BCUT2D eigenvalue weighted by molar-refractivity contribution is 0.267. The molecule has 1 atom stereocenters. The SMILES string of the molecule is CC1(C)Cc2cc(OCCCCCc3ccccc3)cc(OCc3ccccc3)c2C(C#N)C1. The van der Waals surface area contributed by atoms with E-state index >= 15 is 0 Å². The second-order valence-corrected chi connectivity index (χ2v) is 10.1. The van der Waals surface area contributed by atoms with Gasteiger partial charge in [0.2, 0.25) is 0 Å². The molecule has 0 aromatic heterocycles. The largest absolute Gasteiger partial charge is 0.493 e. The average Bonchev–Trinajstić information content (AvgIpc) is 2.84. The first-order valence-electron chi connectivity index (χ1n) is 12.4. The number of unbranched alkanes of at least 4 members (excludes halogenated alkanes) is 2. The van der Waals surface area contributed by atoms with Gasteiger partial charge in [-0.25, -0.2) is 0 Å². The van der Waals surface area contributed by atoms with Crippen LogP contribution < -0.4 is 9.47 Å². The molecule has 1 aliphatic carbocycles. The third-order valence-electron chi connectivity index (χ3n) is 6.59. The molecule has 3 nitrogen and oxygen atoms in total. The van der Waals surface area contributed by atoms with Crippen molar-refractivity contribution in [3.8, 4) is 17.6 Å². The highest BCUT2D eigenvalue weighted by Gasteiger charge is 2.35. The molecule has 1 aliphatic rings. The molecule has 0 radical (unpaired) electrons. The lowest BCUT2D eigenvalue weighted by Crippen LogP contribution is -2.25. The molecule has 0 amide bonds. The molecule has 0 saturated heterocycles. The van der Waals surface area contributed by atoms with Gasteiger partial charge in [-0.1, -0.05) is 74.5 Å². The van der Waals surface area contributed by atoms with E-state index in [-0.39, 0.29) is 11.3 Å². The van der Waals surface area contributed by atoms with Crippen LogP contribution in [-0.4, -0.2) is 6.61 Å². The van der Waals surface area contributed by atoms with Crippen molar-refractivity contribution < 1.29 is 9.47 Å². The topological polar surface area (TPSA) is 42.2 Å². The molecule has 0 N–H and O–H groups in total. The fourth-order valence-electron chi connectivity index (χ4n) is 4.93. The Labute approximate surface area is 204 Å². The van der Waals surface area contributed by atoms with E-state index < -0.39 is 0 Å². The first-order valence-corrected chi connectivity index (χ1v) is 12.4. The highest BCUT2D eigenvalue weighted by molar-refractivity contribution is 5.52. The maximum absolute atomic E-state index is 9.92. The zero-order valence-corrected chi connectivity index (χ0v) is 20.4. The summed E-state index contributed by atoms with van der Waals surface area (Å²) >= 11 is 0. The molecule has 0 aliphatic heterocycles. The average molecular weight is 454 g/mol. The van der Waals surface area contributed by atoms with E-state index in [0.717, 1.165) is 54.7 Å². The summed E-state index contributed by atoms with van der Waals surface area (Å²) in [7, 11) is 0. The quantitative estimate of drug-likeness (QED) is 0.296. The summed E-state index contributed by atoms with van der Waals surface area (Å²) in [5.74, 6) is 1.48. The van der Waals surface area contributed by atoms with E-state index in [4.69, 9.17) is 9.47 Å². The van der Waals surface area contributed by atoms with Gasteiger partial charge in [0, 0.05) is 11.6 Å². The highest BCUT2D eigenvalue weighted by atomic mass is 16.5. The summed E-state index contributed by atoms with van der Waals surface area (Å²) in [6, 6.07) is 27.5. The number of nitriles is 1. The summed E-state index contributed by atoms with van der Waals surface area (Å²) in [4.78, 5) is 0. The van der Waals surface area contributed by atoms with Crippen LogP contribution in [0.2, 0.25) is 0 Å². The number of fused-ring (bicyclic) bond motifs is 1. The number of aryl methyl sites for hydroxylation is 1. The van der Waals surface area contributed by atoms with Crippen LogP contribution in [0.25, 0.3) is 0 Å². The third-order valence-corrected chi connectivity index (χ3v) is 6.59. The van der Waals surface area contributed by atoms with Crippen LogP contribution in [0, 0.1) is 16.7 Å². The van der Waals surface area contributed by atoms with Crippen LogP contribution in [0.5, 0.6) is 11.5 Å². The molecule has 0 heterocycles. The molecule has 34 heavy (non-hydrogen) atoms. The molecule has 3 heteroatoms. The maximum Gasteiger partial charge on any atom is 0.128 e. The Balaban J connectivity index is 1.42. The standard InChI is InChI=1S/C31H35NO2/c1-31(2)20-26-18-28(33-17-11-5-10-14-24-12-6-3-7-13-24)19-29(30(26)27(21-31)22-32)34-23-25-15-8-4-9-16-25/h3-4,6-9,12-13,15-16,18-19,27H,5,10-11,14,17,20-21,23H2,1-2H3. The Morgan fingerprint density at radius 3 is 2.29 bits per heavy atom. The fourth-order valence-corrected chi connectivity index (χ4v) is 4.93. The number of hydrogen-bond donors (Lipinski definition) is 0. The van der Waals surface area contributed by atoms with Gasteiger partial charge in [-0.2, -0.15) is 5.26 Å². The van der Waals surface area contributed by atoms with Crippen molar-refractivity contribution in [2.24, 2.45) is 5.41 Å². The Morgan fingerprint density at radius 1 is 0.882 bits per heavy atom. The molecule has 3 aromatic rings. The zero-order chi connectivity index (χ0) is 23.8. The van der Waals surface area contributed by atoms with Gasteiger partial charge < -0.3 is 9.47 Å². The second kappa shape index (κ2) is 11.3. The van der Waals surface area contributed by atoms with Crippen molar-refractivity contribution in [2.75, 3.05) is 6.61 Å². The monoisotopic (exact) mass is 453 g/mol. The van der Waals surface area contributed by atoms with Crippen LogP contribution in [-0.2, 0) is 19.4 Å². The summed E-state index contributed by atoms with van der Waals surface area (Å²) in [6.45, 7) is 5.66. The van der Waals surface area contributed by atoms with Gasteiger partial charge in [-0.3, -0.25) is 0 Å². The molecule has 3 aromatic carbocycles. The normalized spacial score (nSPS) is 16.3. The Bertz CT molecular complexity index is 1100. The number of rotatable bonds is 10. The van der Waals surface area contributed by atoms with Gasteiger partial charge in [-0.05, 0) is 66.7 Å². The Morgan fingerprint density at radius 2 is 1.59 bits per heavy atom. The molecule has 0 fully saturated rings. The molecule has 4 rings (SSSR count). The van der Waals surface area contributed by atoms with E-state index in [1.54, 1.807) is 0 Å². The van der Waals surface area contributed by atoms with Gasteiger partial charge in [0.1, 0.15) is 18.1 Å². The van der Waals surface area contributed by atoms with Gasteiger partial charge in [-0.15, -0.1) is 0 Å². The number of hydrogen-bond acceptors (Lipinski definition) is 3. The van der Waals surface area contributed by atoms with E-state index in [1.807, 2.05) is 24.3 Å². The minimum absolute atomic E-state index is 0.0835. The van der Waals surface area contributed by atoms with E-state index in [2.05, 4.69) is 68.4 Å². The van der Waals surface area contributed by atoms with Crippen LogP contribution in [0.1, 0.15) is 67.7 Å². The van der Waals surface area contributed by atoms with Crippen molar-refractivity contribution in [3.05, 3.63) is 95.1 Å². The van der Waals surface area contributed by atoms with Crippen LogP contribution in [0.15, 0.2) is 72.8 Å². The van der Waals surface area contributed by atoms with Crippen molar-refractivity contribution in [3.63, 3.8) is 0 Å². The third kappa shape index (κ3) is 6.41. The van der Waals surface area contributed by atoms with Gasteiger partial charge in [0.15, 0.2) is 0 Å². The van der Waals surface area contributed by atoms with Crippen LogP contribution >= 0.6 is 0 Å². The molecule has 0 saturated carbocycles. The first kappa shape index (κ1) is 23.9. The smallest absolute Gasteiger partial charge is 0.128 e. The fraction of sp³-hybridized carbons (Fsp3) is 0.387. The molecule has 176 valence electrons. The highest BCUT2D eigenvalue weighted by Crippen LogP contribution is 2.47. The van der Waals surface area contributed by atoms with Gasteiger partial charge in [0.05, 0.1) is 18.6 Å².